The van der Waals surface area contributed by atoms with E-state index in [9.17, 15) is 4.79 Å². The predicted molar refractivity (Wildman–Crippen MR) is 63.8 cm³/mol. The van der Waals surface area contributed by atoms with E-state index in [0.717, 1.165) is 17.9 Å². The van der Waals surface area contributed by atoms with Crippen molar-refractivity contribution in [3.63, 3.8) is 0 Å². The summed E-state index contributed by atoms with van der Waals surface area (Å²) < 4.78 is 0. The molecule has 0 aliphatic heterocycles. The van der Waals surface area contributed by atoms with Crippen LogP contribution in [0.15, 0.2) is 16.9 Å². The van der Waals surface area contributed by atoms with Gasteiger partial charge in [0.1, 0.15) is 5.69 Å². The van der Waals surface area contributed by atoms with Gasteiger partial charge in [-0.3, -0.25) is 4.79 Å². The van der Waals surface area contributed by atoms with Crippen molar-refractivity contribution >= 4 is 0 Å². The average Bonchev–Trinajstić information content (AvgIpc) is 2.75. The first kappa shape index (κ1) is 10.3. The van der Waals surface area contributed by atoms with Gasteiger partial charge in [0.2, 0.25) is 0 Å². The molecule has 5 heteroatoms. The molecule has 2 N–H and O–H groups in total. The van der Waals surface area contributed by atoms with Crippen molar-refractivity contribution in [2.75, 3.05) is 0 Å². The maximum atomic E-state index is 11.0. The summed E-state index contributed by atoms with van der Waals surface area (Å²) in [6, 6.07) is 3.15. The Labute approximate surface area is 98.3 Å². The molecule has 0 saturated carbocycles. The summed E-state index contributed by atoms with van der Waals surface area (Å²) in [6.45, 7) is 2.20. The normalized spacial score (nSPS) is 19.0. The number of imidazole rings is 1. The number of aromatic nitrogens is 4. The first-order valence-electron chi connectivity index (χ1n) is 5.89. The summed E-state index contributed by atoms with van der Waals surface area (Å²) in [5.74, 6) is 1.26. The zero-order chi connectivity index (χ0) is 11.8. The highest BCUT2D eigenvalue weighted by Crippen LogP contribution is 2.30. The minimum Gasteiger partial charge on any atom is -0.340 e. The maximum Gasteiger partial charge on any atom is 0.264 e. The molecule has 0 amide bonds. The van der Waals surface area contributed by atoms with Crippen LogP contribution in [0, 0.1) is 0 Å². The van der Waals surface area contributed by atoms with Crippen LogP contribution < -0.4 is 5.56 Å². The summed E-state index contributed by atoms with van der Waals surface area (Å²) in [6.07, 6.45) is 3.45. The first-order chi connectivity index (χ1) is 8.24. The van der Waals surface area contributed by atoms with Crippen molar-refractivity contribution in [2.45, 2.75) is 32.1 Å². The molecule has 0 saturated heterocycles. The molecule has 2 heterocycles. The Hall–Kier alpha value is -1.91. The van der Waals surface area contributed by atoms with E-state index >= 15 is 0 Å². The molecule has 2 aromatic rings. The average molecular weight is 230 g/mol. The molecule has 0 spiro atoms. The zero-order valence-corrected chi connectivity index (χ0v) is 9.66. The van der Waals surface area contributed by atoms with Crippen LogP contribution in [0.25, 0.3) is 11.5 Å². The molecule has 5 nitrogen and oxygen atoms in total. The molecule has 1 unspecified atom stereocenters. The highest BCUT2D eigenvalue weighted by atomic mass is 16.1. The summed E-state index contributed by atoms with van der Waals surface area (Å²) in [4.78, 5) is 18.8. The first-order valence-corrected chi connectivity index (χ1v) is 5.89. The summed E-state index contributed by atoms with van der Waals surface area (Å²) >= 11 is 0. The second kappa shape index (κ2) is 3.84. The van der Waals surface area contributed by atoms with E-state index in [2.05, 4.69) is 27.1 Å². The number of H-pyrrole nitrogens is 2. The Morgan fingerprint density at radius 2 is 2.29 bits per heavy atom. The third-order valence-electron chi connectivity index (χ3n) is 3.26. The van der Waals surface area contributed by atoms with Crippen molar-refractivity contribution in [3.05, 3.63) is 33.9 Å². The largest absolute Gasteiger partial charge is 0.340 e. The van der Waals surface area contributed by atoms with Crippen molar-refractivity contribution in [2.24, 2.45) is 0 Å². The number of nitrogens with zero attached hydrogens (tertiary/aromatic N) is 2. The Bertz CT molecular complexity index is 578. The molecular formula is C12H14N4O. The lowest BCUT2D eigenvalue weighted by atomic mass is 9.92. The van der Waals surface area contributed by atoms with Crippen LogP contribution in [0.2, 0.25) is 0 Å². The number of hydrogen-bond donors (Lipinski definition) is 2. The second-order valence-corrected chi connectivity index (χ2v) is 4.55. The fourth-order valence-corrected chi connectivity index (χ4v) is 2.34. The molecule has 88 valence electrons. The molecular weight excluding hydrogens is 216 g/mol. The number of aromatic amines is 2. The van der Waals surface area contributed by atoms with Crippen molar-refractivity contribution in [1.82, 2.24) is 20.2 Å². The van der Waals surface area contributed by atoms with Crippen LogP contribution in [-0.2, 0) is 6.42 Å². The molecule has 1 aliphatic carbocycles. The van der Waals surface area contributed by atoms with E-state index in [1.807, 2.05) is 0 Å². The number of hydrogen-bond acceptors (Lipinski definition) is 3. The standard InChI is InChI=1S/C12H14N4O/c1-7-3-2-4-8-11(7)14-12(13-8)9-5-6-10(17)16-15-9/h5-7H,2-4H2,1H3,(H,13,14)(H,16,17). The van der Waals surface area contributed by atoms with Gasteiger partial charge < -0.3 is 4.98 Å². The van der Waals surface area contributed by atoms with E-state index in [-0.39, 0.29) is 5.56 Å². The quantitative estimate of drug-likeness (QED) is 0.781. The van der Waals surface area contributed by atoms with Gasteiger partial charge in [0, 0.05) is 17.7 Å². The van der Waals surface area contributed by atoms with Gasteiger partial charge in [0.25, 0.3) is 5.56 Å². The fourth-order valence-electron chi connectivity index (χ4n) is 2.34. The van der Waals surface area contributed by atoms with Crippen LogP contribution in [0.5, 0.6) is 0 Å². The van der Waals surface area contributed by atoms with Crippen LogP contribution in [0.1, 0.15) is 37.1 Å². The van der Waals surface area contributed by atoms with Crippen LogP contribution in [-0.4, -0.2) is 20.2 Å². The summed E-state index contributed by atoms with van der Waals surface area (Å²) in [5.41, 5.74) is 2.86. The van der Waals surface area contributed by atoms with Crippen LogP contribution in [0.3, 0.4) is 0 Å². The van der Waals surface area contributed by atoms with E-state index in [0.29, 0.717) is 11.6 Å². The van der Waals surface area contributed by atoms with E-state index in [4.69, 9.17) is 0 Å². The molecule has 3 rings (SSSR count). The Morgan fingerprint density at radius 1 is 1.41 bits per heavy atom. The minimum atomic E-state index is -0.196. The molecule has 0 bridgehead atoms. The topological polar surface area (TPSA) is 74.4 Å². The van der Waals surface area contributed by atoms with Crippen LogP contribution in [0.4, 0.5) is 0 Å². The summed E-state index contributed by atoms with van der Waals surface area (Å²) in [5, 5.41) is 6.41. The van der Waals surface area contributed by atoms with Gasteiger partial charge >= 0.3 is 0 Å². The third kappa shape index (κ3) is 1.77. The van der Waals surface area contributed by atoms with Crippen LogP contribution >= 0.6 is 0 Å². The summed E-state index contributed by atoms with van der Waals surface area (Å²) in [7, 11) is 0. The SMILES string of the molecule is CC1CCCc2[nH]c(-c3ccc(=O)[nH]n3)nc21. The highest BCUT2D eigenvalue weighted by molar-refractivity contribution is 5.50. The van der Waals surface area contributed by atoms with Crippen molar-refractivity contribution in [3.8, 4) is 11.5 Å². The van der Waals surface area contributed by atoms with Gasteiger partial charge in [-0.15, -0.1) is 0 Å². The Kier molecular flexibility index (Phi) is 2.31. The molecule has 0 fully saturated rings. The number of aryl methyl sites for hydroxylation is 1. The molecule has 2 aromatic heterocycles. The van der Waals surface area contributed by atoms with Gasteiger partial charge in [0.05, 0.1) is 5.69 Å². The van der Waals surface area contributed by atoms with Gasteiger partial charge in [-0.2, -0.15) is 5.10 Å². The van der Waals surface area contributed by atoms with E-state index < -0.39 is 0 Å². The Morgan fingerprint density at radius 3 is 3.00 bits per heavy atom. The third-order valence-corrected chi connectivity index (χ3v) is 3.26. The number of rotatable bonds is 1. The zero-order valence-electron chi connectivity index (χ0n) is 9.66. The van der Waals surface area contributed by atoms with Crippen molar-refractivity contribution in [1.29, 1.82) is 0 Å². The lowest BCUT2D eigenvalue weighted by molar-refractivity contribution is 0.574. The van der Waals surface area contributed by atoms with Gasteiger partial charge in [-0.1, -0.05) is 6.92 Å². The molecule has 17 heavy (non-hydrogen) atoms. The molecule has 1 atom stereocenters. The lowest BCUT2D eigenvalue weighted by Crippen LogP contribution is -2.06. The van der Waals surface area contributed by atoms with E-state index in [1.165, 1.54) is 24.6 Å². The highest BCUT2D eigenvalue weighted by Gasteiger charge is 2.21. The maximum absolute atomic E-state index is 11.0. The molecule has 0 radical (unpaired) electrons. The lowest BCUT2D eigenvalue weighted by Gasteiger charge is -2.15. The smallest absolute Gasteiger partial charge is 0.264 e. The predicted octanol–water partition coefficient (Wildman–Crippen LogP) is 1.60. The minimum absolute atomic E-state index is 0.196. The Balaban J connectivity index is 2.04. The van der Waals surface area contributed by atoms with E-state index in [1.54, 1.807) is 6.07 Å². The monoisotopic (exact) mass is 230 g/mol. The van der Waals surface area contributed by atoms with Gasteiger partial charge in [0.15, 0.2) is 5.82 Å². The van der Waals surface area contributed by atoms with Gasteiger partial charge in [-0.25, -0.2) is 10.1 Å². The number of fused-ring (bicyclic) bond motifs is 1. The van der Waals surface area contributed by atoms with Crippen molar-refractivity contribution < 1.29 is 0 Å². The molecule has 1 aliphatic rings. The molecule has 0 aromatic carbocycles. The number of nitrogens with one attached hydrogen (secondary N) is 2. The van der Waals surface area contributed by atoms with Gasteiger partial charge in [-0.05, 0) is 25.3 Å². The second-order valence-electron chi connectivity index (χ2n) is 4.55. The fraction of sp³-hybridized carbons (Fsp3) is 0.417.